The summed E-state index contributed by atoms with van der Waals surface area (Å²) in [6.45, 7) is 0. The van der Waals surface area contributed by atoms with Gasteiger partial charge in [-0.05, 0) is 18.2 Å². The van der Waals surface area contributed by atoms with E-state index in [9.17, 15) is 26.3 Å². The Labute approximate surface area is 106 Å². The van der Waals surface area contributed by atoms with Crippen molar-refractivity contribution in [3.05, 3.63) is 28.2 Å². The first-order chi connectivity index (χ1) is 7.91. The van der Waals surface area contributed by atoms with Crippen molar-refractivity contribution in [1.29, 1.82) is 0 Å². The molecule has 0 aliphatic carbocycles. The van der Waals surface area contributed by atoms with Gasteiger partial charge in [-0.15, -0.1) is 0 Å². The first kappa shape index (κ1) is 15.1. The van der Waals surface area contributed by atoms with Crippen molar-refractivity contribution >= 4 is 21.6 Å². The lowest BCUT2D eigenvalue weighted by atomic mass is 9.91. The number of alkyl halides is 6. The first-order valence-corrected chi connectivity index (χ1v) is 5.12. The molecule has 1 aromatic carbocycles. The average Bonchev–Trinajstić information content (AvgIpc) is 2.17. The zero-order valence-electron chi connectivity index (χ0n) is 8.40. The molecule has 102 valence electrons. The van der Waals surface area contributed by atoms with Crippen LogP contribution < -0.4 is 5.73 Å². The Bertz CT molecular complexity index is 441. The van der Waals surface area contributed by atoms with Crippen LogP contribution in [0.3, 0.4) is 0 Å². The molecular formula is C9H6BrF6NO. The number of nitrogens with two attached hydrogens (primary N) is 1. The number of hydrogen-bond acceptors (Lipinski definition) is 2. The molecule has 0 saturated carbocycles. The highest BCUT2D eigenvalue weighted by molar-refractivity contribution is 9.10. The lowest BCUT2D eigenvalue weighted by molar-refractivity contribution is -0.376. The molecular weight excluding hydrogens is 332 g/mol. The summed E-state index contributed by atoms with van der Waals surface area (Å²) in [6.07, 6.45) is -11.9. The van der Waals surface area contributed by atoms with Crippen LogP contribution in [0.5, 0.6) is 0 Å². The number of halogens is 7. The SMILES string of the molecule is Nc1ccc(Br)cc1C(O)(C(F)(F)F)C(F)(F)F. The molecule has 0 bridgehead atoms. The highest BCUT2D eigenvalue weighted by atomic mass is 79.9. The van der Waals surface area contributed by atoms with Gasteiger partial charge in [0.1, 0.15) is 0 Å². The smallest absolute Gasteiger partial charge is 0.398 e. The first-order valence-electron chi connectivity index (χ1n) is 4.32. The molecule has 0 fully saturated rings. The molecule has 0 heterocycles. The van der Waals surface area contributed by atoms with Crippen LogP contribution in [-0.4, -0.2) is 17.5 Å². The van der Waals surface area contributed by atoms with Gasteiger partial charge >= 0.3 is 12.4 Å². The summed E-state index contributed by atoms with van der Waals surface area (Å²) < 4.78 is 75.3. The standard InChI is InChI=1S/C9H6BrF6NO/c10-4-1-2-6(17)5(3-4)7(18,8(11,12)13)9(14,15)16/h1-3,18H,17H2. The molecule has 9 heteroatoms. The maximum absolute atomic E-state index is 12.6. The molecule has 2 nitrogen and oxygen atoms in total. The Balaban J connectivity index is 3.61. The van der Waals surface area contributed by atoms with Gasteiger partial charge in [0.05, 0.1) is 0 Å². The van der Waals surface area contributed by atoms with Gasteiger partial charge in [0.15, 0.2) is 0 Å². The van der Waals surface area contributed by atoms with Crippen LogP contribution >= 0.6 is 15.9 Å². The number of nitrogen functional groups attached to an aromatic ring is 1. The van der Waals surface area contributed by atoms with Crippen molar-refractivity contribution in [3.8, 4) is 0 Å². The van der Waals surface area contributed by atoms with Gasteiger partial charge < -0.3 is 10.8 Å². The monoisotopic (exact) mass is 337 g/mol. The van der Waals surface area contributed by atoms with Crippen LogP contribution in [0.2, 0.25) is 0 Å². The van der Waals surface area contributed by atoms with E-state index >= 15 is 0 Å². The molecule has 0 amide bonds. The van der Waals surface area contributed by atoms with Gasteiger partial charge in [-0.3, -0.25) is 0 Å². The summed E-state index contributed by atoms with van der Waals surface area (Å²) in [5, 5.41) is 9.11. The molecule has 0 aromatic heterocycles. The van der Waals surface area contributed by atoms with Crippen molar-refractivity contribution in [3.63, 3.8) is 0 Å². The number of hydrogen-bond donors (Lipinski definition) is 2. The van der Waals surface area contributed by atoms with Crippen molar-refractivity contribution in [2.45, 2.75) is 18.0 Å². The Hall–Kier alpha value is -0.960. The van der Waals surface area contributed by atoms with Gasteiger partial charge in [-0.25, -0.2) is 0 Å². The van der Waals surface area contributed by atoms with Gasteiger partial charge in [0, 0.05) is 15.7 Å². The molecule has 0 aliphatic rings. The maximum Gasteiger partial charge on any atom is 0.430 e. The van der Waals surface area contributed by atoms with Crippen molar-refractivity contribution < 1.29 is 31.4 Å². The van der Waals surface area contributed by atoms with Crippen LogP contribution in [0, 0.1) is 0 Å². The summed E-state index contributed by atoms with van der Waals surface area (Å²) in [5.41, 5.74) is -2.19. The molecule has 0 unspecified atom stereocenters. The van der Waals surface area contributed by atoms with Crippen molar-refractivity contribution in [2.75, 3.05) is 5.73 Å². The quantitative estimate of drug-likeness (QED) is 0.609. The van der Waals surface area contributed by atoms with Crippen molar-refractivity contribution in [1.82, 2.24) is 0 Å². The lowest BCUT2D eigenvalue weighted by Gasteiger charge is -2.33. The molecule has 0 saturated heterocycles. The topological polar surface area (TPSA) is 46.2 Å². The molecule has 0 aliphatic heterocycles. The van der Waals surface area contributed by atoms with Crippen LogP contribution in [0.25, 0.3) is 0 Å². The largest absolute Gasteiger partial charge is 0.430 e. The second-order valence-electron chi connectivity index (χ2n) is 3.44. The molecule has 0 atom stereocenters. The molecule has 18 heavy (non-hydrogen) atoms. The summed E-state index contributed by atoms with van der Waals surface area (Å²) in [6, 6.07) is 2.48. The fourth-order valence-corrected chi connectivity index (χ4v) is 1.67. The number of anilines is 1. The molecule has 1 rings (SSSR count). The van der Waals surface area contributed by atoms with Crippen LogP contribution in [0.15, 0.2) is 22.7 Å². The van der Waals surface area contributed by atoms with E-state index in [4.69, 9.17) is 10.8 Å². The summed E-state index contributed by atoms with van der Waals surface area (Å²) >= 11 is 2.72. The maximum atomic E-state index is 12.6. The molecule has 0 radical (unpaired) electrons. The minimum atomic E-state index is -5.94. The molecule has 0 spiro atoms. The number of benzene rings is 1. The zero-order valence-corrected chi connectivity index (χ0v) is 9.99. The van der Waals surface area contributed by atoms with Gasteiger partial charge in [-0.2, -0.15) is 26.3 Å². The summed E-state index contributed by atoms with van der Waals surface area (Å²) in [4.78, 5) is 0. The van der Waals surface area contributed by atoms with Crippen molar-refractivity contribution in [2.24, 2.45) is 0 Å². The van der Waals surface area contributed by atoms with E-state index in [1.165, 1.54) is 0 Å². The molecule has 3 N–H and O–H groups in total. The minimum Gasteiger partial charge on any atom is -0.398 e. The predicted molar refractivity (Wildman–Crippen MR) is 54.6 cm³/mol. The predicted octanol–water partition coefficient (Wildman–Crippen LogP) is 3.34. The molecule has 1 aromatic rings. The fourth-order valence-electron chi connectivity index (χ4n) is 1.31. The van der Waals surface area contributed by atoms with E-state index in [0.717, 1.165) is 12.1 Å². The third kappa shape index (κ3) is 2.28. The minimum absolute atomic E-state index is 0.0707. The van der Waals surface area contributed by atoms with Crippen LogP contribution in [0.4, 0.5) is 32.0 Å². The average molecular weight is 338 g/mol. The van der Waals surface area contributed by atoms with Gasteiger partial charge in [0.2, 0.25) is 0 Å². The Morgan fingerprint density at radius 1 is 1.00 bits per heavy atom. The fraction of sp³-hybridized carbons (Fsp3) is 0.333. The Morgan fingerprint density at radius 2 is 1.44 bits per heavy atom. The third-order valence-corrected chi connectivity index (χ3v) is 2.72. The Kier molecular flexibility index (Phi) is 3.61. The van der Waals surface area contributed by atoms with Crippen LogP contribution in [-0.2, 0) is 5.60 Å². The van der Waals surface area contributed by atoms with E-state index in [0.29, 0.717) is 6.07 Å². The summed E-state index contributed by atoms with van der Waals surface area (Å²) in [7, 11) is 0. The highest BCUT2D eigenvalue weighted by Crippen LogP contribution is 2.51. The zero-order chi connectivity index (χ0) is 14.4. The second-order valence-corrected chi connectivity index (χ2v) is 4.35. The van der Waals surface area contributed by atoms with Crippen LogP contribution in [0.1, 0.15) is 5.56 Å². The normalized spacial score (nSPS) is 13.8. The second kappa shape index (κ2) is 4.30. The highest BCUT2D eigenvalue weighted by Gasteiger charge is 2.72. The number of aliphatic hydroxyl groups is 1. The third-order valence-electron chi connectivity index (χ3n) is 2.23. The van der Waals surface area contributed by atoms with Gasteiger partial charge in [-0.1, -0.05) is 15.9 Å². The number of rotatable bonds is 1. The Morgan fingerprint density at radius 3 is 1.83 bits per heavy atom. The summed E-state index contributed by atoms with van der Waals surface area (Å²) in [5.74, 6) is 0. The van der Waals surface area contributed by atoms with E-state index in [2.05, 4.69) is 15.9 Å². The van der Waals surface area contributed by atoms with E-state index in [1.807, 2.05) is 0 Å². The van der Waals surface area contributed by atoms with E-state index in [1.54, 1.807) is 0 Å². The lowest BCUT2D eigenvalue weighted by Crippen LogP contribution is -2.54. The van der Waals surface area contributed by atoms with Gasteiger partial charge in [0.25, 0.3) is 5.60 Å². The van der Waals surface area contributed by atoms with E-state index in [-0.39, 0.29) is 4.47 Å². The van der Waals surface area contributed by atoms with E-state index < -0.39 is 29.2 Å².